The molecule has 1 aromatic carbocycles. The average Bonchev–Trinajstić information content (AvgIpc) is 3.41. The predicted octanol–water partition coefficient (Wildman–Crippen LogP) is 3.34. The fourth-order valence-corrected chi connectivity index (χ4v) is 5.79. The topological polar surface area (TPSA) is 74.2 Å². The summed E-state index contributed by atoms with van der Waals surface area (Å²) >= 11 is 0. The van der Waals surface area contributed by atoms with Gasteiger partial charge in [-0.2, -0.15) is 5.10 Å². The largest absolute Gasteiger partial charge is 0.494 e. The summed E-state index contributed by atoms with van der Waals surface area (Å²) in [6.07, 6.45) is 8.13. The number of amides is 2. The monoisotopic (exact) mass is 538 g/mol. The third-order valence-electron chi connectivity index (χ3n) is 8.03. The molecular weight excluding hydrogens is 492 g/mol. The summed E-state index contributed by atoms with van der Waals surface area (Å²) < 4.78 is 7.58. The second-order valence-corrected chi connectivity index (χ2v) is 11.0. The van der Waals surface area contributed by atoms with Gasteiger partial charge in [-0.05, 0) is 64.4 Å². The first kappa shape index (κ1) is 28.9. The molecule has 1 aliphatic carbocycles. The molecule has 39 heavy (non-hydrogen) atoms. The molecule has 1 aliphatic heterocycles. The molecule has 0 spiro atoms. The van der Waals surface area contributed by atoms with Gasteiger partial charge in [-0.1, -0.05) is 19.1 Å². The van der Waals surface area contributed by atoms with Crippen LogP contribution in [0, 0.1) is 5.92 Å². The van der Waals surface area contributed by atoms with Gasteiger partial charge >= 0.3 is 0 Å². The van der Waals surface area contributed by atoms with Crippen LogP contribution in [0.4, 0.5) is 5.69 Å². The molecule has 2 aliphatic rings. The molecular formula is C30H46N6O3. The molecule has 9 nitrogen and oxygen atoms in total. The summed E-state index contributed by atoms with van der Waals surface area (Å²) in [4.78, 5) is 34.5. The highest BCUT2D eigenvalue weighted by atomic mass is 16.5. The maximum absolute atomic E-state index is 13.4. The van der Waals surface area contributed by atoms with Crippen molar-refractivity contribution in [1.82, 2.24) is 24.5 Å². The fraction of sp³-hybridized carbons (Fsp3) is 0.633. The Morgan fingerprint density at radius 3 is 2.44 bits per heavy atom. The van der Waals surface area contributed by atoms with E-state index < -0.39 is 0 Å². The molecule has 1 aromatic heterocycles. The molecule has 0 unspecified atom stereocenters. The molecule has 0 radical (unpaired) electrons. The van der Waals surface area contributed by atoms with E-state index in [1.165, 1.54) is 0 Å². The molecule has 0 bridgehead atoms. The van der Waals surface area contributed by atoms with E-state index in [2.05, 4.69) is 38.1 Å². The second kappa shape index (κ2) is 13.8. The van der Waals surface area contributed by atoms with Gasteiger partial charge in [0.15, 0.2) is 0 Å². The predicted molar refractivity (Wildman–Crippen MR) is 154 cm³/mol. The first-order valence-electron chi connectivity index (χ1n) is 14.6. The molecule has 2 aromatic rings. The lowest BCUT2D eigenvalue weighted by Crippen LogP contribution is -2.51. The highest BCUT2D eigenvalue weighted by Gasteiger charge is 2.34. The average molecular weight is 539 g/mol. The molecule has 0 atom stereocenters. The first-order chi connectivity index (χ1) is 18.9. The Kier molecular flexibility index (Phi) is 10.3. The van der Waals surface area contributed by atoms with E-state index in [0.717, 1.165) is 82.0 Å². The van der Waals surface area contributed by atoms with Gasteiger partial charge in [-0.15, -0.1) is 0 Å². The van der Waals surface area contributed by atoms with Crippen LogP contribution in [0.3, 0.4) is 0 Å². The third kappa shape index (κ3) is 7.75. The summed E-state index contributed by atoms with van der Waals surface area (Å²) in [7, 11) is 4.08. The number of carbonyl (C=O) groups is 2. The Morgan fingerprint density at radius 2 is 1.77 bits per heavy atom. The highest BCUT2D eigenvalue weighted by Crippen LogP contribution is 2.30. The maximum Gasteiger partial charge on any atom is 0.225 e. The van der Waals surface area contributed by atoms with Crippen molar-refractivity contribution in [3.05, 3.63) is 42.2 Å². The summed E-state index contributed by atoms with van der Waals surface area (Å²) in [5, 5.41) is 4.58. The maximum atomic E-state index is 13.4. The number of hydrogen-bond acceptors (Lipinski definition) is 6. The van der Waals surface area contributed by atoms with Crippen molar-refractivity contribution in [3.8, 4) is 5.75 Å². The van der Waals surface area contributed by atoms with Crippen molar-refractivity contribution in [2.75, 3.05) is 64.9 Å². The van der Waals surface area contributed by atoms with Crippen LogP contribution in [0.15, 0.2) is 36.7 Å². The van der Waals surface area contributed by atoms with E-state index in [1.807, 2.05) is 55.9 Å². The van der Waals surface area contributed by atoms with Gasteiger partial charge in [0.2, 0.25) is 11.8 Å². The van der Waals surface area contributed by atoms with Crippen LogP contribution >= 0.6 is 0 Å². The van der Waals surface area contributed by atoms with Crippen LogP contribution in [-0.2, 0) is 16.1 Å². The third-order valence-corrected chi connectivity index (χ3v) is 8.03. The van der Waals surface area contributed by atoms with Gasteiger partial charge in [-0.3, -0.25) is 14.3 Å². The quantitative estimate of drug-likeness (QED) is 0.437. The first-order valence-corrected chi connectivity index (χ1v) is 14.6. The Morgan fingerprint density at radius 1 is 1.03 bits per heavy atom. The lowest BCUT2D eigenvalue weighted by atomic mass is 9.84. The molecule has 214 valence electrons. The Balaban J connectivity index is 1.24. The molecule has 9 heteroatoms. The van der Waals surface area contributed by atoms with Gasteiger partial charge in [0.05, 0.1) is 25.0 Å². The van der Waals surface area contributed by atoms with Gasteiger partial charge in [0, 0.05) is 63.8 Å². The van der Waals surface area contributed by atoms with Crippen LogP contribution in [0.5, 0.6) is 5.75 Å². The zero-order valence-electron chi connectivity index (χ0n) is 24.2. The van der Waals surface area contributed by atoms with E-state index in [-0.39, 0.29) is 17.9 Å². The van der Waals surface area contributed by atoms with Crippen molar-refractivity contribution in [2.24, 2.45) is 5.92 Å². The number of nitrogens with zero attached hydrogens (tertiary/aromatic N) is 6. The molecule has 1 saturated heterocycles. The number of benzene rings is 1. The van der Waals surface area contributed by atoms with Crippen molar-refractivity contribution in [2.45, 2.75) is 58.5 Å². The van der Waals surface area contributed by atoms with E-state index in [0.29, 0.717) is 25.5 Å². The molecule has 2 heterocycles. The Labute approximate surface area is 233 Å². The van der Waals surface area contributed by atoms with Crippen molar-refractivity contribution >= 4 is 17.5 Å². The van der Waals surface area contributed by atoms with Crippen molar-refractivity contribution in [3.63, 3.8) is 0 Å². The van der Waals surface area contributed by atoms with Gasteiger partial charge in [0.25, 0.3) is 0 Å². The minimum atomic E-state index is 0.0791. The van der Waals surface area contributed by atoms with E-state index in [9.17, 15) is 9.59 Å². The van der Waals surface area contributed by atoms with E-state index in [1.54, 1.807) is 0 Å². The Hall–Kier alpha value is -3.07. The number of piperazine rings is 1. The van der Waals surface area contributed by atoms with Crippen LogP contribution in [-0.4, -0.2) is 102 Å². The number of aromatic nitrogens is 2. The smallest absolute Gasteiger partial charge is 0.225 e. The zero-order valence-corrected chi connectivity index (χ0v) is 24.2. The molecule has 4 rings (SSSR count). The minimum absolute atomic E-state index is 0.0791. The Bertz CT molecular complexity index is 1070. The standard InChI is InChI=1S/C30H46N6O3/c1-5-29(37)36(19-14-32(3)4)26-12-10-25(11-13-26)30(38)34-17-15-33(16-18-34)27-21-31-35(23-27)22-24-8-7-9-28(20-24)39-6-2/h7-9,20-21,23,25-26H,5-6,10-19,22H2,1-4H3/t25-,26-. The van der Waals surface area contributed by atoms with Crippen LogP contribution < -0.4 is 9.64 Å². The number of anilines is 1. The van der Waals surface area contributed by atoms with Crippen LogP contribution in [0.2, 0.25) is 0 Å². The zero-order chi connectivity index (χ0) is 27.8. The molecule has 2 fully saturated rings. The number of carbonyl (C=O) groups excluding carboxylic acids is 2. The van der Waals surface area contributed by atoms with Crippen LogP contribution in [0.25, 0.3) is 0 Å². The molecule has 2 amide bonds. The van der Waals surface area contributed by atoms with Crippen LogP contribution in [0.1, 0.15) is 51.5 Å². The van der Waals surface area contributed by atoms with E-state index in [4.69, 9.17) is 4.74 Å². The van der Waals surface area contributed by atoms with Gasteiger partial charge in [-0.25, -0.2) is 0 Å². The van der Waals surface area contributed by atoms with Gasteiger partial charge in [0.1, 0.15) is 5.75 Å². The molecule has 1 saturated carbocycles. The number of rotatable bonds is 11. The summed E-state index contributed by atoms with van der Waals surface area (Å²) in [6.45, 7) is 10.0. The number of likely N-dealkylation sites (N-methyl/N-ethyl adjacent to an activating group) is 1. The SMILES string of the molecule is CCOc1cccc(Cn2cc(N3CCN(C(=O)[C@H]4CC[C@H](N(CCN(C)C)C(=O)CC)CC4)CC3)cn2)c1. The summed E-state index contributed by atoms with van der Waals surface area (Å²) in [5.74, 6) is 1.48. The van der Waals surface area contributed by atoms with Crippen molar-refractivity contribution in [1.29, 1.82) is 0 Å². The van der Waals surface area contributed by atoms with Crippen molar-refractivity contribution < 1.29 is 14.3 Å². The second-order valence-electron chi connectivity index (χ2n) is 11.0. The van der Waals surface area contributed by atoms with E-state index >= 15 is 0 Å². The summed E-state index contributed by atoms with van der Waals surface area (Å²) in [5.41, 5.74) is 2.25. The number of ether oxygens (including phenoxy) is 1. The lowest BCUT2D eigenvalue weighted by Gasteiger charge is -2.40. The summed E-state index contributed by atoms with van der Waals surface area (Å²) in [6, 6.07) is 8.40. The molecule has 0 N–H and O–H groups in total. The fourth-order valence-electron chi connectivity index (χ4n) is 5.79. The minimum Gasteiger partial charge on any atom is -0.494 e. The highest BCUT2D eigenvalue weighted by molar-refractivity contribution is 5.79. The number of hydrogen-bond donors (Lipinski definition) is 0. The van der Waals surface area contributed by atoms with Gasteiger partial charge < -0.3 is 24.3 Å². The lowest BCUT2D eigenvalue weighted by molar-refractivity contribution is -0.138. The normalized spacial score (nSPS) is 19.8.